The molecule has 10 aromatic carbocycles. The van der Waals surface area contributed by atoms with Crippen LogP contribution in [0.2, 0.25) is 0 Å². The van der Waals surface area contributed by atoms with Crippen LogP contribution in [0.1, 0.15) is 94.1 Å². The first-order chi connectivity index (χ1) is 28.7. The van der Waals surface area contributed by atoms with Crippen LogP contribution >= 0.6 is 0 Å². The number of carbonyl (C=O) groups excluding carboxylic acids is 4. The number of hydrogen-bond donors (Lipinski definition) is 1. The highest BCUT2D eigenvalue weighted by Gasteiger charge is 2.32. The van der Waals surface area contributed by atoms with Crippen LogP contribution in [0.25, 0.3) is 86.2 Å². The predicted molar refractivity (Wildman–Crippen MR) is 247 cm³/mol. The molecule has 0 bridgehead atoms. The fraction of sp³-hybridized carbons (Fsp3) is 0.170. The van der Waals surface area contributed by atoms with Crippen molar-refractivity contribution in [2.45, 2.75) is 55.4 Å². The van der Waals surface area contributed by atoms with Gasteiger partial charge in [0, 0.05) is 40.1 Å². The maximum Gasteiger partial charge on any atom is 0.261 e. The number of nitrogens with zero attached hydrogens (tertiary/aromatic N) is 1. The Kier molecular flexibility index (Phi) is 9.76. The van der Waals surface area contributed by atoms with Gasteiger partial charge < -0.3 is 0 Å². The van der Waals surface area contributed by atoms with E-state index in [0.29, 0.717) is 22.3 Å². The molecule has 12 rings (SSSR count). The van der Waals surface area contributed by atoms with Crippen molar-refractivity contribution in [1.29, 1.82) is 0 Å². The van der Waals surface area contributed by atoms with Gasteiger partial charge in [-0.25, -0.2) is 0 Å². The lowest BCUT2D eigenvalue weighted by atomic mass is 9.82. The zero-order chi connectivity index (χ0) is 42.0. The van der Waals surface area contributed by atoms with Crippen molar-refractivity contribution in [3.63, 3.8) is 0 Å². The van der Waals surface area contributed by atoms with E-state index in [1.165, 1.54) is 53.6 Å². The lowest BCUT2D eigenvalue weighted by molar-refractivity contribution is 0.0649. The van der Waals surface area contributed by atoms with Gasteiger partial charge in [0.05, 0.1) is 0 Å². The summed E-state index contributed by atoms with van der Waals surface area (Å²) in [5.74, 6) is -1.10. The van der Waals surface area contributed by atoms with Gasteiger partial charge in [0.1, 0.15) is 0 Å². The van der Waals surface area contributed by atoms with Crippen LogP contribution in [0.4, 0.5) is 0 Å². The van der Waals surface area contributed by atoms with Crippen molar-refractivity contribution in [2.24, 2.45) is 0 Å². The number of rotatable bonds is 0. The van der Waals surface area contributed by atoms with Gasteiger partial charge in [0.15, 0.2) is 0 Å². The van der Waals surface area contributed by atoms with E-state index in [0.717, 1.165) is 48.7 Å². The summed E-state index contributed by atoms with van der Waals surface area (Å²) < 4.78 is 0. The van der Waals surface area contributed by atoms with Crippen molar-refractivity contribution in [2.75, 3.05) is 7.05 Å². The van der Waals surface area contributed by atoms with Crippen LogP contribution in [0, 0.1) is 13.8 Å². The Morgan fingerprint density at radius 3 is 1.17 bits per heavy atom. The van der Waals surface area contributed by atoms with Crippen LogP contribution in [0.15, 0.2) is 109 Å². The molecule has 2 aliphatic heterocycles. The van der Waals surface area contributed by atoms with E-state index >= 15 is 0 Å². The second-order valence-electron chi connectivity index (χ2n) is 14.4. The van der Waals surface area contributed by atoms with Gasteiger partial charge in [-0.2, -0.15) is 0 Å². The van der Waals surface area contributed by atoms with Crippen LogP contribution in [0.3, 0.4) is 0 Å². The SMILES string of the molecule is CC.CC.CC.Cc1ccc2c3c(cccc13)C(=O)NC2=O.Cc1ccc2c3ccc4c5ccc6c7c(ccc(c8ccc(c9cccc1c92)c3c84)c75)C(=O)N(C)C6=O. The summed E-state index contributed by atoms with van der Waals surface area (Å²) in [6.07, 6.45) is 0. The minimum absolute atomic E-state index is 0.239. The quantitative estimate of drug-likeness (QED) is 0.0945. The van der Waals surface area contributed by atoms with Crippen LogP contribution in [-0.4, -0.2) is 35.6 Å². The van der Waals surface area contributed by atoms with E-state index in [4.69, 9.17) is 0 Å². The Bertz CT molecular complexity index is 3240. The molecule has 0 radical (unpaired) electrons. The Labute approximate surface area is 343 Å². The Morgan fingerprint density at radius 2 is 0.661 bits per heavy atom. The third-order valence-corrected chi connectivity index (χ3v) is 11.8. The predicted octanol–water partition coefficient (Wildman–Crippen LogP) is 13.3. The molecule has 10 aromatic rings. The van der Waals surface area contributed by atoms with E-state index in [2.05, 4.69) is 79.0 Å². The zero-order valence-electron chi connectivity index (χ0n) is 35.0. The highest BCUT2D eigenvalue weighted by molar-refractivity contribution is 6.44. The molecule has 59 heavy (non-hydrogen) atoms. The van der Waals surface area contributed by atoms with E-state index in [-0.39, 0.29) is 23.6 Å². The van der Waals surface area contributed by atoms with Crippen molar-refractivity contribution >= 4 is 110 Å². The number of fused-ring (bicyclic) bond motifs is 4. The largest absolute Gasteiger partial charge is 0.288 e. The number of aryl methyl sites for hydroxylation is 2. The Morgan fingerprint density at radius 1 is 0.339 bits per heavy atom. The van der Waals surface area contributed by atoms with Crippen molar-refractivity contribution < 1.29 is 19.2 Å². The molecule has 2 heterocycles. The molecule has 4 amide bonds. The number of nitrogens with one attached hydrogen (secondary N) is 1. The smallest absolute Gasteiger partial charge is 0.261 e. The average Bonchev–Trinajstić information content (AvgIpc) is 3.28. The summed E-state index contributed by atoms with van der Waals surface area (Å²) >= 11 is 0. The molecule has 0 aromatic heterocycles. The van der Waals surface area contributed by atoms with Gasteiger partial charge in [-0.1, -0.05) is 126 Å². The molecule has 0 saturated heterocycles. The van der Waals surface area contributed by atoms with Gasteiger partial charge in [-0.05, 0) is 125 Å². The van der Waals surface area contributed by atoms with Gasteiger partial charge in [-0.3, -0.25) is 29.4 Å². The summed E-state index contributed by atoms with van der Waals surface area (Å²) in [5.41, 5.74) is 4.72. The highest BCUT2D eigenvalue weighted by Crippen LogP contribution is 2.48. The molecular formula is C53H46N2O4. The molecule has 0 atom stereocenters. The summed E-state index contributed by atoms with van der Waals surface area (Å²) in [5, 5.41) is 20.6. The van der Waals surface area contributed by atoms with E-state index in [1.54, 1.807) is 19.2 Å². The standard InChI is InChI=1S/C34H19NO2.C13H9NO2.3C2H6/c1-16-6-7-19-21-9-11-23-25-13-15-27-32-26(33(36)35(2)34(27)37)14-12-24(31(25)32)22-10-8-20(29(21)30(22)23)18-5-3-4-17(16)28(18)19;1-7-5-6-10-11-8(7)3-2-4-9(11)12(15)14-13(10)16;3*1-2/h3-15H,1-2H3;2-6H,1H3,(H,14,15,16);3*1-2H3. The topological polar surface area (TPSA) is 83.6 Å². The molecule has 0 unspecified atom stereocenters. The van der Waals surface area contributed by atoms with Gasteiger partial charge in [0.2, 0.25) is 0 Å². The molecule has 6 nitrogen and oxygen atoms in total. The second-order valence-corrected chi connectivity index (χ2v) is 14.4. The molecule has 6 heteroatoms. The summed E-state index contributed by atoms with van der Waals surface area (Å²) in [6.45, 7) is 16.2. The van der Waals surface area contributed by atoms with Gasteiger partial charge in [-0.15, -0.1) is 0 Å². The molecule has 292 valence electrons. The minimum atomic E-state index is -0.311. The van der Waals surface area contributed by atoms with Crippen LogP contribution in [0.5, 0.6) is 0 Å². The van der Waals surface area contributed by atoms with E-state index in [1.807, 2.05) is 78.8 Å². The molecule has 0 spiro atoms. The normalized spacial score (nSPS) is 13.1. The number of imide groups is 2. The second kappa shape index (κ2) is 14.8. The first kappa shape index (κ1) is 38.9. The molecule has 0 fully saturated rings. The molecule has 2 aliphatic rings. The molecule has 0 aliphatic carbocycles. The summed E-state index contributed by atoms with van der Waals surface area (Å²) in [4.78, 5) is 50.6. The Balaban J connectivity index is 0.000000185. The summed E-state index contributed by atoms with van der Waals surface area (Å²) in [6, 6.07) is 37.2. The number of hydrogen-bond acceptors (Lipinski definition) is 4. The fourth-order valence-electron chi connectivity index (χ4n) is 9.32. The first-order valence-electron chi connectivity index (χ1n) is 20.7. The molecule has 0 saturated carbocycles. The lowest BCUT2D eigenvalue weighted by Gasteiger charge is -2.26. The molecule has 1 N–H and O–H groups in total. The number of carbonyl (C=O) groups is 4. The lowest BCUT2D eigenvalue weighted by Crippen LogP contribution is -2.36. The van der Waals surface area contributed by atoms with Crippen molar-refractivity contribution in [1.82, 2.24) is 10.2 Å². The van der Waals surface area contributed by atoms with E-state index < -0.39 is 0 Å². The third-order valence-electron chi connectivity index (χ3n) is 11.8. The highest BCUT2D eigenvalue weighted by atomic mass is 16.2. The van der Waals surface area contributed by atoms with Gasteiger partial charge in [0.25, 0.3) is 23.6 Å². The van der Waals surface area contributed by atoms with Crippen molar-refractivity contribution in [3.05, 3.63) is 143 Å². The van der Waals surface area contributed by atoms with Crippen LogP contribution < -0.4 is 5.32 Å². The monoisotopic (exact) mass is 774 g/mol. The third kappa shape index (κ3) is 5.39. The maximum atomic E-state index is 13.1. The zero-order valence-corrected chi connectivity index (χ0v) is 35.0. The fourth-order valence-corrected chi connectivity index (χ4v) is 9.32. The minimum Gasteiger partial charge on any atom is -0.288 e. The van der Waals surface area contributed by atoms with Gasteiger partial charge >= 0.3 is 0 Å². The van der Waals surface area contributed by atoms with E-state index in [9.17, 15) is 19.2 Å². The first-order valence-corrected chi connectivity index (χ1v) is 20.7. The molecular weight excluding hydrogens is 729 g/mol. The Hall–Kier alpha value is -6.92. The number of benzene rings is 10. The average molecular weight is 775 g/mol. The van der Waals surface area contributed by atoms with Crippen molar-refractivity contribution in [3.8, 4) is 0 Å². The summed E-state index contributed by atoms with van der Waals surface area (Å²) in [7, 11) is 1.56. The number of amides is 4. The maximum absolute atomic E-state index is 13.1. The van der Waals surface area contributed by atoms with Crippen LogP contribution in [-0.2, 0) is 0 Å².